The van der Waals surface area contributed by atoms with E-state index in [4.69, 9.17) is 11.6 Å². The molecule has 0 atom stereocenters. The Bertz CT molecular complexity index is 357. The Morgan fingerprint density at radius 1 is 1.50 bits per heavy atom. The van der Waals surface area contributed by atoms with Crippen LogP contribution in [0.1, 0.15) is 18.9 Å². The predicted molar refractivity (Wildman–Crippen MR) is 70.6 cm³/mol. The van der Waals surface area contributed by atoms with Crippen molar-refractivity contribution in [1.29, 1.82) is 0 Å². The Labute approximate surface area is 110 Å². The van der Waals surface area contributed by atoms with Gasteiger partial charge < -0.3 is 4.90 Å². The minimum absolute atomic E-state index is 0.0107. The number of carbonyl (C=O) groups is 1. The summed E-state index contributed by atoms with van der Waals surface area (Å²) in [5, 5.41) is 0. The molecule has 1 aromatic carbocycles. The number of amides is 1. The standard InChI is InChI=1S/C12H15BrClNO/c1-2-6-15(12(16)8-14)9-10-4-3-5-11(13)7-10/h3-5,7H,2,6,8-9H2,1H3. The zero-order chi connectivity index (χ0) is 12.0. The molecule has 0 aliphatic heterocycles. The first kappa shape index (κ1) is 13.5. The Morgan fingerprint density at radius 2 is 2.25 bits per heavy atom. The van der Waals surface area contributed by atoms with Crippen LogP contribution in [0.3, 0.4) is 0 Å². The molecule has 1 amide bonds. The second-order valence-electron chi connectivity index (χ2n) is 3.58. The van der Waals surface area contributed by atoms with Gasteiger partial charge in [0.2, 0.25) is 5.91 Å². The van der Waals surface area contributed by atoms with Crippen LogP contribution in [0.5, 0.6) is 0 Å². The van der Waals surface area contributed by atoms with E-state index in [1.165, 1.54) is 0 Å². The van der Waals surface area contributed by atoms with Crippen LogP contribution in [0, 0.1) is 0 Å². The minimum Gasteiger partial charge on any atom is -0.337 e. The molecule has 0 fully saturated rings. The van der Waals surface area contributed by atoms with Crippen molar-refractivity contribution in [3.8, 4) is 0 Å². The smallest absolute Gasteiger partial charge is 0.237 e. The Morgan fingerprint density at radius 3 is 2.81 bits per heavy atom. The van der Waals surface area contributed by atoms with E-state index in [9.17, 15) is 4.79 Å². The highest BCUT2D eigenvalue weighted by atomic mass is 79.9. The lowest BCUT2D eigenvalue weighted by Crippen LogP contribution is -2.32. The van der Waals surface area contributed by atoms with E-state index in [-0.39, 0.29) is 11.8 Å². The van der Waals surface area contributed by atoms with Gasteiger partial charge in [-0.2, -0.15) is 0 Å². The summed E-state index contributed by atoms with van der Waals surface area (Å²) in [6, 6.07) is 7.96. The second-order valence-corrected chi connectivity index (χ2v) is 4.76. The zero-order valence-corrected chi connectivity index (χ0v) is 11.6. The molecule has 0 N–H and O–H groups in total. The summed E-state index contributed by atoms with van der Waals surface area (Å²) in [6.45, 7) is 3.42. The van der Waals surface area contributed by atoms with Crippen molar-refractivity contribution in [3.05, 3.63) is 34.3 Å². The van der Waals surface area contributed by atoms with Crippen molar-refractivity contribution in [3.63, 3.8) is 0 Å². The third-order valence-corrected chi connectivity index (χ3v) is 2.94. The van der Waals surface area contributed by atoms with Crippen LogP contribution in [-0.2, 0) is 11.3 Å². The molecule has 0 bridgehead atoms. The molecule has 0 spiro atoms. The molecule has 0 saturated carbocycles. The molecule has 1 aromatic rings. The summed E-state index contributed by atoms with van der Waals surface area (Å²) in [7, 11) is 0. The molecule has 2 nitrogen and oxygen atoms in total. The van der Waals surface area contributed by atoms with Crippen LogP contribution < -0.4 is 0 Å². The first-order valence-corrected chi connectivity index (χ1v) is 6.58. The van der Waals surface area contributed by atoms with Crippen LogP contribution in [0.15, 0.2) is 28.7 Å². The molecule has 0 saturated heterocycles. The monoisotopic (exact) mass is 303 g/mol. The van der Waals surface area contributed by atoms with Crippen molar-refractivity contribution >= 4 is 33.4 Å². The maximum Gasteiger partial charge on any atom is 0.237 e. The molecule has 0 aromatic heterocycles. The van der Waals surface area contributed by atoms with Gasteiger partial charge in [0, 0.05) is 17.6 Å². The third kappa shape index (κ3) is 4.14. The lowest BCUT2D eigenvalue weighted by molar-refractivity contribution is -0.129. The molecular formula is C12H15BrClNO. The number of carbonyl (C=O) groups excluding carboxylic acids is 1. The second kappa shape index (κ2) is 6.92. The quantitative estimate of drug-likeness (QED) is 0.763. The maximum atomic E-state index is 11.6. The Balaban J connectivity index is 2.71. The zero-order valence-electron chi connectivity index (χ0n) is 9.25. The number of nitrogens with zero attached hydrogens (tertiary/aromatic N) is 1. The number of hydrogen-bond acceptors (Lipinski definition) is 1. The summed E-state index contributed by atoms with van der Waals surface area (Å²) >= 11 is 9.00. The number of hydrogen-bond donors (Lipinski definition) is 0. The van der Waals surface area contributed by atoms with E-state index < -0.39 is 0 Å². The highest BCUT2D eigenvalue weighted by Crippen LogP contribution is 2.13. The first-order valence-electron chi connectivity index (χ1n) is 5.25. The van der Waals surface area contributed by atoms with Crippen molar-refractivity contribution in [2.45, 2.75) is 19.9 Å². The minimum atomic E-state index is -0.0107. The Hall–Kier alpha value is -0.540. The van der Waals surface area contributed by atoms with Gasteiger partial charge in [-0.3, -0.25) is 4.79 Å². The van der Waals surface area contributed by atoms with Crippen molar-refractivity contribution in [2.24, 2.45) is 0 Å². The molecule has 1 rings (SSSR count). The third-order valence-electron chi connectivity index (χ3n) is 2.22. The van der Waals surface area contributed by atoms with Crippen LogP contribution >= 0.6 is 27.5 Å². The van der Waals surface area contributed by atoms with E-state index >= 15 is 0 Å². The van der Waals surface area contributed by atoms with Gasteiger partial charge in [0.1, 0.15) is 5.88 Å². The topological polar surface area (TPSA) is 20.3 Å². The van der Waals surface area contributed by atoms with Crippen LogP contribution in [0.4, 0.5) is 0 Å². The van der Waals surface area contributed by atoms with Gasteiger partial charge in [0.05, 0.1) is 0 Å². The van der Waals surface area contributed by atoms with E-state index in [2.05, 4.69) is 22.9 Å². The molecule has 0 heterocycles. The van der Waals surface area contributed by atoms with E-state index in [1.807, 2.05) is 24.3 Å². The van der Waals surface area contributed by atoms with Crippen LogP contribution in [-0.4, -0.2) is 23.2 Å². The van der Waals surface area contributed by atoms with E-state index in [0.717, 1.165) is 23.0 Å². The van der Waals surface area contributed by atoms with E-state index in [1.54, 1.807) is 4.90 Å². The van der Waals surface area contributed by atoms with Crippen LogP contribution in [0.25, 0.3) is 0 Å². The SMILES string of the molecule is CCCN(Cc1cccc(Br)c1)C(=O)CCl. The fraction of sp³-hybridized carbons (Fsp3) is 0.417. The van der Waals surface area contributed by atoms with Crippen LogP contribution in [0.2, 0.25) is 0 Å². The lowest BCUT2D eigenvalue weighted by Gasteiger charge is -2.21. The molecule has 0 aliphatic carbocycles. The molecular weight excluding hydrogens is 289 g/mol. The molecule has 0 aliphatic rings. The van der Waals surface area contributed by atoms with Gasteiger partial charge in [-0.05, 0) is 24.1 Å². The average Bonchev–Trinajstić information content (AvgIpc) is 2.27. The fourth-order valence-corrected chi connectivity index (χ4v) is 2.12. The highest BCUT2D eigenvalue weighted by molar-refractivity contribution is 9.10. The number of rotatable bonds is 5. The van der Waals surface area contributed by atoms with Gasteiger partial charge in [0.25, 0.3) is 0 Å². The van der Waals surface area contributed by atoms with Crippen molar-refractivity contribution < 1.29 is 4.79 Å². The summed E-state index contributed by atoms with van der Waals surface area (Å²) in [6.07, 6.45) is 0.941. The van der Waals surface area contributed by atoms with E-state index in [0.29, 0.717) is 6.54 Å². The van der Waals surface area contributed by atoms with Gasteiger partial charge in [0.15, 0.2) is 0 Å². The normalized spacial score (nSPS) is 10.2. The summed E-state index contributed by atoms with van der Waals surface area (Å²) in [5.74, 6) is 0.0390. The molecule has 16 heavy (non-hydrogen) atoms. The number of alkyl halides is 1. The maximum absolute atomic E-state index is 11.6. The molecule has 0 radical (unpaired) electrons. The predicted octanol–water partition coefficient (Wildman–Crippen LogP) is 3.43. The van der Waals surface area contributed by atoms with Crippen molar-refractivity contribution in [1.82, 2.24) is 4.90 Å². The van der Waals surface area contributed by atoms with Crippen molar-refractivity contribution in [2.75, 3.05) is 12.4 Å². The summed E-state index contributed by atoms with van der Waals surface area (Å²) < 4.78 is 1.03. The number of halogens is 2. The van der Waals surface area contributed by atoms with Gasteiger partial charge >= 0.3 is 0 Å². The van der Waals surface area contributed by atoms with Gasteiger partial charge in [-0.1, -0.05) is 35.0 Å². The molecule has 0 unspecified atom stereocenters. The number of benzene rings is 1. The lowest BCUT2D eigenvalue weighted by atomic mass is 10.2. The first-order chi connectivity index (χ1) is 7.67. The summed E-state index contributed by atoms with van der Waals surface area (Å²) in [5.41, 5.74) is 1.11. The van der Waals surface area contributed by atoms with Gasteiger partial charge in [-0.25, -0.2) is 0 Å². The van der Waals surface area contributed by atoms with Gasteiger partial charge in [-0.15, -0.1) is 11.6 Å². The highest BCUT2D eigenvalue weighted by Gasteiger charge is 2.11. The Kier molecular flexibility index (Phi) is 5.85. The molecule has 88 valence electrons. The average molecular weight is 305 g/mol. The largest absolute Gasteiger partial charge is 0.337 e. The molecule has 4 heteroatoms. The fourth-order valence-electron chi connectivity index (χ4n) is 1.50. The summed E-state index contributed by atoms with van der Waals surface area (Å²) in [4.78, 5) is 13.4.